The van der Waals surface area contributed by atoms with E-state index in [1.54, 1.807) is 36.1 Å². The van der Waals surface area contributed by atoms with Gasteiger partial charge in [-0.2, -0.15) is 5.10 Å². The van der Waals surface area contributed by atoms with E-state index in [-0.39, 0.29) is 10.8 Å². The number of benzene rings is 1. The lowest BCUT2D eigenvalue weighted by Gasteiger charge is -2.17. The van der Waals surface area contributed by atoms with E-state index in [1.165, 1.54) is 17.4 Å². The summed E-state index contributed by atoms with van der Waals surface area (Å²) in [4.78, 5) is 11.3. The summed E-state index contributed by atoms with van der Waals surface area (Å²) in [7, 11) is -0.266. The quantitative estimate of drug-likeness (QED) is 0.568. The maximum absolute atomic E-state index is 12.7. The molecule has 134 valence electrons. The number of sulfonamides is 1. The summed E-state index contributed by atoms with van der Waals surface area (Å²) < 4.78 is 28.4. The maximum atomic E-state index is 12.7. The van der Waals surface area contributed by atoms with Crippen LogP contribution in [0.2, 0.25) is 0 Å². The first-order valence-electron chi connectivity index (χ1n) is 7.81. The van der Waals surface area contributed by atoms with Crippen molar-refractivity contribution in [2.75, 3.05) is 20.1 Å². The number of amides is 1. The number of nitrogens with one attached hydrogen (secondary N) is 1. The normalized spacial score (nSPS) is 11.5. The van der Waals surface area contributed by atoms with Gasteiger partial charge in [-0.15, -0.1) is 0 Å². The number of hydrogen-bond donors (Lipinski definition) is 1. The van der Waals surface area contributed by atoms with Crippen molar-refractivity contribution in [2.45, 2.75) is 11.3 Å². The predicted octanol–water partition coefficient (Wildman–Crippen LogP) is 1.40. The fraction of sp³-hybridized carbons (Fsp3) is 0.294. The molecule has 8 heteroatoms. The summed E-state index contributed by atoms with van der Waals surface area (Å²) in [5.41, 5.74) is 1.62. The average Bonchev–Trinajstić information content (AvgIpc) is 3.04. The Morgan fingerprint density at radius 1 is 1.40 bits per heavy atom. The first-order valence-corrected chi connectivity index (χ1v) is 9.25. The smallest absolute Gasteiger partial charge is 0.243 e. The molecule has 0 spiro atoms. The summed E-state index contributed by atoms with van der Waals surface area (Å²) in [5, 5.41) is 6.73. The highest BCUT2D eigenvalue weighted by molar-refractivity contribution is 7.89. The highest BCUT2D eigenvalue weighted by atomic mass is 32.2. The SMILES string of the molecule is C=CC(=O)NCCCN(C)S(=O)(=O)c1cccc(-c2ccnn2C)c1. The zero-order valence-corrected chi connectivity index (χ0v) is 15.2. The van der Waals surface area contributed by atoms with Gasteiger partial charge in [-0.3, -0.25) is 9.48 Å². The number of carbonyl (C=O) groups is 1. The molecule has 7 nitrogen and oxygen atoms in total. The second kappa shape index (κ2) is 8.09. The topological polar surface area (TPSA) is 84.3 Å². The van der Waals surface area contributed by atoms with Gasteiger partial charge < -0.3 is 5.32 Å². The van der Waals surface area contributed by atoms with Crippen LogP contribution >= 0.6 is 0 Å². The molecule has 0 saturated heterocycles. The minimum absolute atomic E-state index is 0.226. The van der Waals surface area contributed by atoms with Gasteiger partial charge in [0.15, 0.2) is 0 Å². The van der Waals surface area contributed by atoms with E-state index in [1.807, 2.05) is 12.1 Å². The molecule has 25 heavy (non-hydrogen) atoms. The summed E-state index contributed by atoms with van der Waals surface area (Å²) in [6.07, 6.45) is 3.36. The van der Waals surface area contributed by atoms with E-state index in [2.05, 4.69) is 17.0 Å². The number of aryl methyl sites for hydroxylation is 1. The summed E-state index contributed by atoms with van der Waals surface area (Å²) in [5.74, 6) is -0.269. The molecular weight excluding hydrogens is 340 g/mol. The van der Waals surface area contributed by atoms with Crippen LogP contribution in [0.25, 0.3) is 11.3 Å². The molecule has 0 radical (unpaired) electrons. The molecule has 2 aromatic rings. The molecule has 0 saturated carbocycles. The second-order valence-electron chi connectivity index (χ2n) is 5.54. The van der Waals surface area contributed by atoms with Gasteiger partial charge in [0.25, 0.3) is 0 Å². The number of nitrogens with zero attached hydrogens (tertiary/aromatic N) is 3. The molecule has 0 aliphatic rings. The van der Waals surface area contributed by atoms with Crippen molar-refractivity contribution in [1.29, 1.82) is 0 Å². The Morgan fingerprint density at radius 3 is 2.80 bits per heavy atom. The molecule has 1 heterocycles. The van der Waals surface area contributed by atoms with Gasteiger partial charge in [-0.05, 0) is 30.7 Å². The van der Waals surface area contributed by atoms with E-state index in [0.29, 0.717) is 19.5 Å². The third-order valence-corrected chi connectivity index (χ3v) is 5.65. The van der Waals surface area contributed by atoms with Crippen molar-refractivity contribution in [2.24, 2.45) is 7.05 Å². The van der Waals surface area contributed by atoms with Crippen molar-refractivity contribution in [3.8, 4) is 11.3 Å². The largest absolute Gasteiger partial charge is 0.353 e. The van der Waals surface area contributed by atoms with Crippen molar-refractivity contribution in [3.05, 3.63) is 49.2 Å². The van der Waals surface area contributed by atoms with Crippen molar-refractivity contribution >= 4 is 15.9 Å². The number of hydrogen-bond acceptors (Lipinski definition) is 4. The average molecular weight is 362 g/mol. The summed E-state index contributed by atoms with van der Waals surface area (Å²) in [6.45, 7) is 4.05. The van der Waals surface area contributed by atoms with Crippen molar-refractivity contribution in [1.82, 2.24) is 19.4 Å². The van der Waals surface area contributed by atoms with E-state index in [9.17, 15) is 13.2 Å². The first-order chi connectivity index (χ1) is 11.9. The first kappa shape index (κ1) is 18.9. The Hall–Kier alpha value is -2.45. The van der Waals surface area contributed by atoms with Crippen LogP contribution in [0.15, 0.2) is 54.1 Å². The van der Waals surface area contributed by atoms with E-state index >= 15 is 0 Å². The molecule has 0 unspecified atom stereocenters. The van der Waals surface area contributed by atoms with Crippen LogP contribution in [-0.4, -0.2) is 48.5 Å². The molecule has 1 amide bonds. The number of rotatable bonds is 8. The minimum Gasteiger partial charge on any atom is -0.353 e. The molecule has 0 bridgehead atoms. The Balaban J connectivity index is 2.10. The second-order valence-corrected chi connectivity index (χ2v) is 7.59. The third-order valence-electron chi connectivity index (χ3n) is 3.79. The van der Waals surface area contributed by atoms with Gasteiger partial charge in [0.2, 0.25) is 15.9 Å². The van der Waals surface area contributed by atoms with E-state index < -0.39 is 10.0 Å². The van der Waals surface area contributed by atoms with Crippen LogP contribution in [0.4, 0.5) is 0 Å². The molecule has 0 fully saturated rings. The standard InChI is InChI=1S/C17H22N4O3S/c1-4-17(22)18-10-6-12-20(2)25(23,24)15-8-5-7-14(13-15)16-9-11-19-21(16)3/h4-5,7-9,11,13H,1,6,10,12H2,2-3H3,(H,18,22). The van der Waals surface area contributed by atoms with Gasteiger partial charge >= 0.3 is 0 Å². The molecule has 0 atom stereocenters. The summed E-state index contributed by atoms with van der Waals surface area (Å²) in [6, 6.07) is 8.61. The highest BCUT2D eigenvalue weighted by Crippen LogP contribution is 2.23. The lowest BCUT2D eigenvalue weighted by Crippen LogP contribution is -2.31. The van der Waals surface area contributed by atoms with Gasteiger partial charge in [0.05, 0.1) is 10.6 Å². The molecule has 0 aliphatic heterocycles. The molecular formula is C17H22N4O3S. The Morgan fingerprint density at radius 2 is 2.16 bits per heavy atom. The van der Waals surface area contributed by atoms with Crippen LogP contribution in [0.1, 0.15) is 6.42 Å². The van der Waals surface area contributed by atoms with Crippen LogP contribution in [0.5, 0.6) is 0 Å². The van der Waals surface area contributed by atoms with Crippen molar-refractivity contribution < 1.29 is 13.2 Å². The van der Waals surface area contributed by atoms with E-state index in [4.69, 9.17) is 0 Å². The predicted molar refractivity (Wildman–Crippen MR) is 96.3 cm³/mol. The summed E-state index contributed by atoms with van der Waals surface area (Å²) >= 11 is 0. The lowest BCUT2D eigenvalue weighted by molar-refractivity contribution is -0.116. The zero-order valence-electron chi connectivity index (χ0n) is 14.3. The van der Waals surface area contributed by atoms with Gasteiger partial charge in [0, 0.05) is 38.9 Å². The lowest BCUT2D eigenvalue weighted by atomic mass is 10.1. The minimum atomic E-state index is -3.60. The zero-order chi connectivity index (χ0) is 18.4. The van der Waals surface area contributed by atoms with Crippen LogP contribution in [-0.2, 0) is 21.9 Å². The van der Waals surface area contributed by atoms with Crippen molar-refractivity contribution in [3.63, 3.8) is 0 Å². The Kier molecular flexibility index (Phi) is 6.11. The van der Waals surface area contributed by atoms with Crippen LogP contribution in [0.3, 0.4) is 0 Å². The fourth-order valence-corrected chi connectivity index (χ4v) is 3.61. The van der Waals surface area contributed by atoms with Gasteiger partial charge in [-0.1, -0.05) is 18.7 Å². The number of aromatic nitrogens is 2. The maximum Gasteiger partial charge on any atom is 0.243 e. The van der Waals surface area contributed by atoms with Gasteiger partial charge in [0.1, 0.15) is 0 Å². The molecule has 1 aromatic heterocycles. The molecule has 1 aromatic carbocycles. The third kappa shape index (κ3) is 4.55. The van der Waals surface area contributed by atoms with Gasteiger partial charge in [-0.25, -0.2) is 12.7 Å². The highest BCUT2D eigenvalue weighted by Gasteiger charge is 2.21. The molecule has 1 N–H and O–H groups in total. The van der Waals surface area contributed by atoms with Crippen LogP contribution < -0.4 is 5.32 Å². The monoisotopic (exact) mass is 362 g/mol. The fourth-order valence-electron chi connectivity index (χ4n) is 2.36. The van der Waals surface area contributed by atoms with Crippen LogP contribution in [0, 0.1) is 0 Å². The number of carbonyl (C=O) groups excluding carboxylic acids is 1. The molecule has 2 rings (SSSR count). The van der Waals surface area contributed by atoms with E-state index in [0.717, 1.165) is 11.3 Å². The Bertz CT molecular complexity index is 858. The molecule has 0 aliphatic carbocycles. The Labute approximate surface area is 148 Å².